The van der Waals surface area contributed by atoms with Crippen LogP contribution in [0.15, 0.2) is 85.2 Å². The molecule has 2 aromatic carbocycles. The highest BCUT2D eigenvalue weighted by Gasteiger charge is 2.40. The van der Waals surface area contributed by atoms with Gasteiger partial charge in [0.05, 0.1) is 0 Å². The Morgan fingerprint density at radius 3 is 2.48 bits per heavy atom. The number of para-hydroxylation sites is 2. The molecule has 0 saturated heterocycles. The van der Waals surface area contributed by atoms with E-state index in [9.17, 15) is 9.59 Å². The predicted molar refractivity (Wildman–Crippen MR) is 158 cm³/mol. The normalized spacial score (nSPS) is 16.4. The topological polar surface area (TPSA) is 103 Å². The fourth-order valence-corrected chi connectivity index (χ4v) is 6.23. The molecule has 7 nitrogen and oxygen atoms in total. The number of carbonyl (C=O) groups is 2. The molecule has 1 aliphatic rings. The standard InChI is InChI=1S/C33H35N5O2/c1-32(20-24-21-35-27-14-6-4-12-25(24)27,38-30(39)28-19-23-11-3-5-13-26(23)37-28)31(40)36-22-33(16-8-2-9-17-33)29-15-7-10-18-34-29/h3-7,10-15,18-19,21,35,37H,2,8-9,16-17,20,22H2,1H3,(H,36,40)(H,38,39)/t32-/m0/s1. The van der Waals surface area contributed by atoms with Crippen LogP contribution in [0.2, 0.25) is 0 Å². The Bertz CT molecular complexity index is 1610. The van der Waals surface area contributed by atoms with Crippen molar-refractivity contribution in [1.29, 1.82) is 0 Å². The number of hydrogen-bond donors (Lipinski definition) is 4. The minimum atomic E-state index is -1.20. The number of hydrogen-bond acceptors (Lipinski definition) is 3. The van der Waals surface area contributed by atoms with Gasteiger partial charge in [0.2, 0.25) is 5.91 Å². The van der Waals surface area contributed by atoms with E-state index < -0.39 is 5.54 Å². The molecule has 3 heterocycles. The lowest BCUT2D eigenvalue weighted by atomic mass is 9.71. The lowest BCUT2D eigenvalue weighted by molar-refractivity contribution is -0.127. The van der Waals surface area contributed by atoms with Crippen LogP contribution >= 0.6 is 0 Å². The fourth-order valence-electron chi connectivity index (χ4n) is 6.23. The molecular weight excluding hydrogens is 498 g/mol. The third-order valence-electron chi connectivity index (χ3n) is 8.49. The summed E-state index contributed by atoms with van der Waals surface area (Å²) in [6, 6.07) is 23.6. The molecule has 5 aromatic rings. The average Bonchev–Trinajstić information content (AvgIpc) is 3.61. The van der Waals surface area contributed by atoms with Crippen molar-refractivity contribution in [3.8, 4) is 0 Å². The average molecular weight is 534 g/mol. The molecule has 0 radical (unpaired) electrons. The number of nitrogens with zero attached hydrogens (tertiary/aromatic N) is 1. The zero-order valence-electron chi connectivity index (χ0n) is 22.8. The van der Waals surface area contributed by atoms with Crippen LogP contribution in [0.5, 0.6) is 0 Å². The summed E-state index contributed by atoms with van der Waals surface area (Å²) in [5.41, 5.74) is 2.90. The van der Waals surface area contributed by atoms with Gasteiger partial charge in [-0.05, 0) is 55.7 Å². The van der Waals surface area contributed by atoms with E-state index >= 15 is 0 Å². The van der Waals surface area contributed by atoms with Crippen molar-refractivity contribution >= 4 is 33.6 Å². The van der Waals surface area contributed by atoms with Crippen LogP contribution in [0.4, 0.5) is 0 Å². The quantitative estimate of drug-likeness (QED) is 0.203. The van der Waals surface area contributed by atoms with E-state index in [1.165, 1.54) is 6.42 Å². The maximum absolute atomic E-state index is 14.1. The first-order valence-corrected chi connectivity index (χ1v) is 14.1. The van der Waals surface area contributed by atoms with E-state index in [0.29, 0.717) is 18.7 Å². The molecule has 2 amide bonds. The molecule has 4 N–H and O–H groups in total. The number of carbonyl (C=O) groups excluding carboxylic acids is 2. The first kappa shape index (κ1) is 25.9. The van der Waals surface area contributed by atoms with Gasteiger partial charge in [-0.25, -0.2) is 0 Å². The number of benzene rings is 2. The highest BCUT2D eigenvalue weighted by molar-refractivity contribution is 6.01. The van der Waals surface area contributed by atoms with Crippen LogP contribution in [0, 0.1) is 0 Å². The summed E-state index contributed by atoms with van der Waals surface area (Å²) in [5.74, 6) is -0.520. The van der Waals surface area contributed by atoms with Gasteiger partial charge in [0.25, 0.3) is 5.91 Å². The van der Waals surface area contributed by atoms with Crippen LogP contribution in [0.1, 0.15) is 60.8 Å². The summed E-state index contributed by atoms with van der Waals surface area (Å²) >= 11 is 0. The third kappa shape index (κ3) is 4.99. The Morgan fingerprint density at radius 2 is 1.70 bits per heavy atom. The molecule has 1 atom stereocenters. The summed E-state index contributed by atoms with van der Waals surface area (Å²) in [6.45, 7) is 2.30. The molecule has 1 fully saturated rings. The SMILES string of the molecule is C[C@@](Cc1c[nH]c2ccccc12)(NC(=O)c1cc2ccccc2[nH]1)C(=O)NCC1(c2ccccn2)CCCCC1. The van der Waals surface area contributed by atoms with Crippen molar-refractivity contribution in [2.24, 2.45) is 0 Å². The summed E-state index contributed by atoms with van der Waals surface area (Å²) in [4.78, 5) is 38.9. The molecule has 7 heteroatoms. The molecular formula is C33H35N5O2. The number of fused-ring (bicyclic) bond motifs is 2. The minimum Gasteiger partial charge on any atom is -0.361 e. The van der Waals surface area contributed by atoms with Gasteiger partial charge in [-0.1, -0.05) is 61.7 Å². The number of rotatable bonds is 8. The summed E-state index contributed by atoms with van der Waals surface area (Å²) < 4.78 is 0. The number of nitrogens with one attached hydrogen (secondary N) is 4. The largest absolute Gasteiger partial charge is 0.361 e. The predicted octanol–water partition coefficient (Wildman–Crippen LogP) is 5.79. The first-order valence-electron chi connectivity index (χ1n) is 14.1. The number of aromatic amines is 2. The molecule has 1 aliphatic carbocycles. The van der Waals surface area contributed by atoms with E-state index in [-0.39, 0.29) is 17.2 Å². The van der Waals surface area contributed by atoms with Crippen LogP contribution in [0.25, 0.3) is 21.8 Å². The third-order valence-corrected chi connectivity index (χ3v) is 8.49. The zero-order chi connectivity index (χ0) is 27.6. The molecule has 1 saturated carbocycles. The highest BCUT2D eigenvalue weighted by Crippen LogP contribution is 2.38. The number of amides is 2. The second kappa shape index (κ2) is 10.6. The monoisotopic (exact) mass is 533 g/mol. The van der Waals surface area contributed by atoms with Crippen LogP contribution < -0.4 is 10.6 Å². The Morgan fingerprint density at radius 1 is 0.950 bits per heavy atom. The van der Waals surface area contributed by atoms with Crippen molar-refractivity contribution in [2.75, 3.05) is 6.54 Å². The summed E-state index contributed by atoms with van der Waals surface area (Å²) in [6.07, 6.45) is 9.46. The van der Waals surface area contributed by atoms with Gasteiger partial charge < -0.3 is 20.6 Å². The maximum atomic E-state index is 14.1. The molecule has 0 aliphatic heterocycles. The van der Waals surface area contributed by atoms with E-state index in [0.717, 1.165) is 58.7 Å². The van der Waals surface area contributed by atoms with Crippen LogP contribution in [0.3, 0.4) is 0 Å². The molecule has 3 aromatic heterocycles. The first-order chi connectivity index (χ1) is 19.5. The van der Waals surface area contributed by atoms with Crippen molar-refractivity contribution in [3.05, 3.63) is 102 Å². The van der Waals surface area contributed by atoms with Gasteiger partial charge in [0.15, 0.2) is 0 Å². The van der Waals surface area contributed by atoms with Crippen molar-refractivity contribution in [3.63, 3.8) is 0 Å². The Balaban J connectivity index is 1.30. The minimum absolute atomic E-state index is 0.205. The van der Waals surface area contributed by atoms with Gasteiger partial charge >= 0.3 is 0 Å². The van der Waals surface area contributed by atoms with E-state index in [1.807, 2.05) is 86.0 Å². The molecule has 6 rings (SSSR count). The van der Waals surface area contributed by atoms with Gasteiger partial charge in [-0.2, -0.15) is 0 Å². The van der Waals surface area contributed by atoms with E-state index in [4.69, 9.17) is 0 Å². The van der Waals surface area contributed by atoms with Crippen LogP contribution in [-0.4, -0.2) is 38.8 Å². The lowest BCUT2D eigenvalue weighted by Gasteiger charge is -2.38. The van der Waals surface area contributed by atoms with Gasteiger partial charge in [-0.15, -0.1) is 0 Å². The Hall–Kier alpha value is -4.39. The van der Waals surface area contributed by atoms with Gasteiger partial charge in [0, 0.05) is 58.3 Å². The molecule has 0 spiro atoms. The maximum Gasteiger partial charge on any atom is 0.268 e. The van der Waals surface area contributed by atoms with Crippen molar-refractivity contribution in [2.45, 2.75) is 56.4 Å². The lowest BCUT2D eigenvalue weighted by Crippen LogP contribution is -2.59. The molecule has 40 heavy (non-hydrogen) atoms. The summed E-state index contributed by atoms with van der Waals surface area (Å²) in [5, 5.41) is 8.35. The molecule has 204 valence electrons. The number of pyridine rings is 1. The van der Waals surface area contributed by atoms with Gasteiger partial charge in [-0.3, -0.25) is 14.6 Å². The zero-order valence-corrected chi connectivity index (χ0v) is 22.8. The molecule has 0 bridgehead atoms. The smallest absolute Gasteiger partial charge is 0.268 e. The van der Waals surface area contributed by atoms with Crippen molar-refractivity contribution < 1.29 is 9.59 Å². The Kier molecular flexibility index (Phi) is 6.88. The number of H-pyrrole nitrogens is 2. The van der Waals surface area contributed by atoms with E-state index in [2.05, 4.69) is 31.7 Å². The summed E-state index contributed by atoms with van der Waals surface area (Å²) in [7, 11) is 0. The second-order valence-electron chi connectivity index (χ2n) is 11.3. The second-order valence-corrected chi connectivity index (χ2v) is 11.3. The van der Waals surface area contributed by atoms with E-state index in [1.54, 1.807) is 0 Å². The van der Waals surface area contributed by atoms with Crippen molar-refractivity contribution in [1.82, 2.24) is 25.6 Å². The number of aromatic nitrogens is 3. The highest BCUT2D eigenvalue weighted by atomic mass is 16.2. The fraction of sp³-hybridized carbons (Fsp3) is 0.303. The Labute approximate surface area is 233 Å². The molecule has 0 unspecified atom stereocenters. The van der Waals surface area contributed by atoms with Gasteiger partial charge in [0.1, 0.15) is 11.2 Å². The van der Waals surface area contributed by atoms with Crippen LogP contribution in [-0.2, 0) is 16.6 Å².